The molecule has 8 rings (SSSR count). The number of nitrogens with one attached hydrogen (secondary N) is 1. The van der Waals surface area contributed by atoms with Gasteiger partial charge in [-0.1, -0.05) is 130 Å². The third kappa shape index (κ3) is 7.27. The van der Waals surface area contributed by atoms with Crippen LogP contribution in [-0.4, -0.2) is 71.9 Å². The van der Waals surface area contributed by atoms with E-state index in [0.29, 0.717) is 22.3 Å². The molecule has 0 radical (unpaired) electrons. The monoisotopic (exact) mass is 833 g/mol. The summed E-state index contributed by atoms with van der Waals surface area (Å²) in [6, 6.07) is 38.6. The summed E-state index contributed by atoms with van der Waals surface area (Å²) in [5, 5.41) is 4.76. The fourth-order valence-corrected chi connectivity index (χ4v) is 14.8. The number of benzene rings is 4. The SMILES string of the molecule is CCOP(=O)(OCC)[C@@]1(c2ccccc2)O[C@@H]2[C@H](O1)[C@@H](CO[Si](c1ccccc1)(c1ccccc1)C(C)(C)C)O[C@H]2n1cnc2c(NC(=O)c3ccccc3)ncnc21. The molecule has 0 saturated carbocycles. The molecule has 4 aromatic carbocycles. The third-order valence-corrected chi connectivity index (χ3v) is 18.1. The van der Waals surface area contributed by atoms with E-state index in [-0.39, 0.29) is 36.6 Å². The van der Waals surface area contributed by atoms with Crippen LogP contribution < -0.4 is 15.7 Å². The molecule has 0 spiro atoms. The molecule has 13 nitrogen and oxygen atoms in total. The Morgan fingerprint density at radius 1 is 0.797 bits per heavy atom. The van der Waals surface area contributed by atoms with E-state index < -0.39 is 46.0 Å². The van der Waals surface area contributed by atoms with Gasteiger partial charge < -0.3 is 33.0 Å². The Morgan fingerprint density at radius 2 is 1.36 bits per heavy atom. The van der Waals surface area contributed by atoms with E-state index in [1.807, 2.05) is 60.7 Å². The van der Waals surface area contributed by atoms with Gasteiger partial charge in [0.15, 0.2) is 23.2 Å². The van der Waals surface area contributed by atoms with Gasteiger partial charge in [0.1, 0.15) is 24.6 Å². The van der Waals surface area contributed by atoms with Crippen molar-refractivity contribution in [3.63, 3.8) is 0 Å². The van der Waals surface area contributed by atoms with E-state index in [9.17, 15) is 4.79 Å². The Morgan fingerprint density at radius 3 is 1.93 bits per heavy atom. The van der Waals surface area contributed by atoms with Gasteiger partial charge in [0.05, 0.1) is 26.1 Å². The summed E-state index contributed by atoms with van der Waals surface area (Å²) in [5.41, 5.74) is -0.321. The highest BCUT2D eigenvalue weighted by Gasteiger charge is 2.68. The van der Waals surface area contributed by atoms with Gasteiger partial charge in [-0.25, -0.2) is 15.0 Å². The highest BCUT2D eigenvalue weighted by atomic mass is 31.2. The lowest BCUT2D eigenvalue weighted by Gasteiger charge is -2.43. The maximum absolute atomic E-state index is 15.1. The molecule has 59 heavy (non-hydrogen) atoms. The lowest BCUT2D eigenvalue weighted by molar-refractivity contribution is -0.190. The van der Waals surface area contributed by atoms with E-state index in [0.717, 1.165) is 10.4 Å². The first-order valence-corrected chi connectivity index (χ1v) is 23.2. The maximum Gasteiger partial charge on any atom is 0.394 e. The second-order valence-electron chi connectivity index (χ2n) is 15.4. The second-order valence-corrected chi connectivity index (χ2v) is 21.8. The normalized spacial score (nSPS) is 22.1. The fourth-order valence-electron chi connectivity index (χ4n) is 8.22. The van der Waals surface area contributed by atoms with Gasteiger partial charge in [-0.05, 0) is 41.4 Å². The molecule has 0 aliphatic carbocycles. The summed E-state index contributed by atoms with van der Waals surface area (Å²) in [5.74, 6) is -0.122. The lowest BCUT2D eigenvalue weighted by Crippen LogP contribution is -2.67. The molecule has 306 valence electrons. The number of ether oxygens (including phenoxy) is 3. The van der Waals surface area contributed by atoms with Crippen LogP contribution >= 0.6 is 7.60 Å². The Balaban J connectivity index is 1.23. The molecule has 2 fully saturated rings. The number of carbonyl (C=O) groups is 1. The highest BCUT2D eigenvalue weighted by Crippen LogP contribution is 2.70. The van der Waals surface area contributed by atoms with Crippen molar-refractivity contribution in [2.75, 3.05) is 25.1 Å². The topological polar surface area (TPSA) is 145 Å². The predicted molar refractivity (Wildman–Crippen MR) is 226 cm³/mol. The minimum atomic E-state index is -4.21. The quantitative estimate of drug-likeness (QED) is 0.0865. The van der Waals surface area contributed by atoms with Crippen LogP contribution in [0.4, 0.5) is 5.82 Å². The first kappa shape index (κ1) is 40.9. The van der Waals surface area contributed by atoms with E-state index in [4.69, 9.17) is 27.7 Å². The first-order chi connectivity index (χ1) is 28.5. The van der Waals surface area contributed by atoms with Crippen molar-refractivity contribution >= 4 is 49.2 Å². The van der Waals surface area contributed by atoms with E-state index in [2.05, 4.69) is 65.3 Å². The summed E-state index contributed by atoms with van der Waals surface area (Å²) in [6.07, 6.45) is -0.494. The van der Waals surface area contributed by atoms with Crippen molar-refractivity contribution in [2.45, 2.75) is 69.7 Å². The minimum Gasteiger partial charge on any atom is -0.405 e. The van der Waals surface area contributed by atoms with Gasteiger partial charge in [0.25, 0.3) is 14.2 Å². The summed E-state index contributed by atoms with van der Waals surface area (Å²) >= 11 is 0. The number of hydrogen-bond acceptors (Lipinski definition) is 11. The van der Waals surface area contributed by atoms with Crippen LogP contribution in [0.25, 0.3) is 11.2 Å². The molecular weight excluding hydrogens is 786 g/mol. The first-order valence-electron chi connectivity index (χ1n) is 19.8. The number of fused-ring (bicyclic) bond motifs is 2. The Bertz CT molecular complexity index is 2370. The van der Waals surface area contributed by atoms with Crippen LogP contribution in [0, 0.1) is 0 Å². The average Bonchev–Trinajstić information content (AvgIpc) is 3.96. The summed E-state index contributed by atoms with van der Waals surface area (Å²) in [4.78, 5) is 26.9. The average molecular weight is 834 g/mol. The molecule has 0 unspecified atom stereocenters. The Labute approximate surface area is 344 Å². The highest BCUT2D eigenvalue weighted by molar-refractivity contribution is 7.54. The number of nitrogens with zero attached hydrogens (tertiary/aromatic N) is 4. The van der Waals surface area contributed by atoms with Crippen molar-refractivity contribution in [3.8, 4) is 0 Å². The van der Waals surface area contributed by atoms with E-state index in [1.165, 1.54) is 6.33 Å². The maximum atomic E-state index is 15.1. The predicted octanol–water partition coefficient (Wildman–Crippen LogP) is 7.41. The van der Waals surface area contributed by atoms with Crippen LogP contribution in [0.1, 0.15) is 56.8 Å². The molecule has 2 saturated heterocycles. The van der Waals surface area contributed by atoms with Crippen LogP contribution in [-0.2, 0) is 37.8 Å². The van der Waals surface area contributed by atoms with Gasteiger partial charge in [0.2, 0.25) is 0 Å². The molecule has 1 amide bonds. The smallest absolute Gasteiger partial charge is 0.394 e. The molecular formula is C44H48N5O8PSi. The largest absolute Gasteiger partial charge is 0.405 e. The summed E-state index contributed by atoms with van der Waals surface area (Å²) in [7, 11) is -7.27. The van der Waals surface area contributed by atoms with Crippen molar-refractivity contribution in [2.24, 2.45) is 0 Å². The molecule has 0 bridgehead atoms. The number of hydrogen-bond donors (Lipinski definition) is 1. The number of anilines is 1. The number of carbonyl (C=O) groups excluding carboxylic acids is 1. The summed E-state index contributed by atoms with van der Waals surface area (Å²) in [6.45, 7) is 10.4. The lowest BCUT2D eigenvalue weighted by atomic mass is 10.1. The van der Waals surface area contributed by atoms with Crippen LogP contribution in [0.5, 0.6) is 0 Å². The van der Waals surface area contributed by atoms with Crippen molar-refractivity contribution < 1.29 is 37.0 Å². The number of rotatable bonds is 14. The van der Waals surface area contributed by atoms with Gasteiger partial charge in [-0.15, -0.1) is 0 Å². The van der Waals surface area contributed by atoms with Gasteiger partial charge in [0, 0.05) is 11.1 Å². The molecule has 2 aliphatic heterocycles. The van der Waals surface area contributed by atoms with E-state index >= 15 is 4.57 Å². The fraction of sp³-hybridized carbons (Fsp3) is 0.318. The molecule has 5 atom stereocenters. The van der Waals surface area contributed by atoms with Gasteiger partial charge in [-0.2, -0.15) is 0 Å². The van der Waals surface area contributed by atoms with Gasteiger partial charge >= 0.3 is 13.1 Å². The van der Waals surface area contributed by atoms with Crippen molar-refractivity contribution in [3.05, 3.63) is 145 Å². The molecule has 6 aromatic rings. The van der Waals surface area contributed by atoms with Crippen LogP contribution in [0.15, 0.2) is 134 Å². The molecule has 15 heteroatoms. The molecule has 2 aromatic heterocycles. The van der Waals surface area contributed by atoms with Crippen LogP contribution in [0.3, 0.4) is 0 Å². The van der Waals surface area contributed by atoms with Crippen molar-refractivity contribution in [1.82, 2.24) is 19.5 Å². The standard InChI is InChI=1S/C44H48N5O8PSi/c1-6-52-58(51,53-7-2)44(32-22-14-9-15-23-32)56-37-35(28-54-59(43(3,4)5,33-24-16-10-17-25-33)34-26-18-11-19-27-34)55-42(38(37)57-44)49-30-47-36-39(45-29-46-40(36)49)48-41(50)31-20-12-8-13-21-31/h8-27,29-30,35,37-38,42H,6-7,28H2,1-5H3,(H,45,46,48,50)/t35-,37-,38-,42-,44-/m1/s1. The zero-order chi connectivity index (χ0) is 41.3. The van der Waals surface area contributed by atoms with Gasteiger partial charge in [-0.3, -0.25) is 13.9 Å². The third-order valence-electron chi connectivity index (χ3n) is 10.8. The Hall–Kier alpha value is -4.89. The number of imidazole rings is 1. The zero-order valence-electron chi connectivity index (χ0n) is 33.6. The number of aromatic nitrogens is 4. The molecule has 4 heterocycles. The van der Waals surface area contributed by atoms with Crippen LogP contribution in [0.2, 0.25) is 5.04 Å². The second kappa shape index (κ2) is 16.6. The number of amides is 1. The van der Waals surface area contributed by atoms with Crippen molar-refractivity contribution in [1.29, 1.82) is 0 Å². The minimum absolute atomic E-state index is 0.0782. The molecule has 1 N–H and O–H groups in total. The molecule has 2 aliphatic rings. The summed E-state index contributed by atoms with van der Waals surface area (Å²) < 4.78 is 57.3. The van der Waals surface area contributed by atoms with E-state index in [1.54, 1.807) is 61.1 Å². The zero-order valence-corrected chi connectivity index (χ0v) is 35.5. The Kier molecular flexibility index (Phi) is 11.5.